The molecule has 0 fully saturated rings. The molecule has 0 radical (unpaired) electrons. The molecule has 1 aromatic heterocycles. The van der Waals surface area contributed by atoms with Crippen LogP contribution in [0.15, 0.2) is 42.7 Å². The summed E-state index contributed by atoms with van der Waals surface area (Å²) in [6.07, 6.45) is 5.31. The lowest BCUT2D eigenvalue weighted by Gasteiger charge is -2.17. The van der Waals surface area contributed by atoms with Gasteiger partial charge in [-0.3, -0.25) is 16.3 Å². The smallest absolute Gasteiger partial charge is 0.126 e. The van der Waals surface area contributed by atoms with E-state index in [1.54, 1.807) is 25.4 Å². The minimum absolute atomic E-state index is 0.0208. The number of hydrogen-bond acceptors (Lipinski definition) is 3. The summed E-state index contributed by atoms with van der Waals surface area (Å²) in [6, 6.07) is 9.10. The van der Waals surface area contributed by atoms with Crippen LogP contribution in [0.25, 0.3) is 0 Å². The van der Waals surface area contributed by atoms with Crippen molar-refractivity contribution in [2.45, 2.75) is 25.8 Å². The lowest BCUT2D eigenvalue weighted by Crippen LogP contribution is -2.28. The average Bonchev–Trinajstić information content (AvgIpc) is 2.44. The molecule has 4 heteroatoms. The molecule has 2 aromatic rings. The number of benzene rings is 1. The number of nitrogens with one attached hydrogen (secondary N) is 1. The first-order valence-electron chi connectivity index (χ1n) is 6.32. The van der Waals surface area contributed by atoms with Crippen molar-refractivity contribution in [3.63, 3.8) is 0 Å². The first-order valence-corrected chi connectivity index (χ1v) is 6.32. The highest BCUT2D eigenvalue weighted by Gasteiger charge is 2.11. The van der Waals surface area contributed by atoms with Crippen LogP contribution in [-0.4, -0.2) is 4.98 Å². The van der Waals surface area contributed by atoms with E-state index in [9.17, 15) is 4.39 Å². The molecule has 0 aliphatic carbocycles. The molecule has 0 amide bonds. The third-order valence-electron chi connectivity index (χ3n) is 3.26. The van der Waals surface area contributed by atoms with Crippen LogP contribution in [-0.2, 0) is 6.42 Å². The predicted molar refractivity (Wildman–Crippen MR) is 73.8 cm³/mol. The molecule has 2 rings (SSSR count). The van der Waals surface area contributed by atoms with Crippen LogP contribution in [0, 0.1) is 12.7 Å². The van der Waals surface area contributed by atoms with Crippen molar-refractivity contribution in [2.75, 3.05) is 0 Å². The van der Waals surface area contributed by atoms with E-state index in [0.29, 0.717) is 5.56 Å². The normalized spacial score (nSPS) is 12.4. The monoisotopic (exact) mass is 259 g/mol. The van der Waals surface area contributed by atoms with Gasteiger partial charge in [0.2, 0.25) is 0 Å². The molecule has 1 heterocycles. The Morgan fingerprint density at radius 2 is 2.00 bits per heavy atom. The fourth-order valence-corrected chi connectivity index (χ4v) is 2.09. The summed E-state index contributed by atoms with van der Waals surface area (Å²) < 4.78 is 13.3. The van der Waals surface area contributed by atoms with Crippen LogP contribution in [0.5, 0.6) is 0 Å². The highest BCUT2D eigenvalue weighted by molar-refractivity contribution is 5.26. The van der Waals surface area contributed by atoms with Gasteiger partial charge in [0.25, 0.3) is 0 Å². The van der Waals surface area contributed by atoms with Crippen LogP contribution in [0.1, 0.15) is 29.2 Å². The van der Waals surface area contributed by atoms with Gasteiger partial charge in [-0.1, -0.05) is 12.1 Å². The Balaban J connectivity index is 2.05. The number of rotatable bonds is 5. The molecule has 0 aliphatic heterocycles. The maximum atomic E-state index is 13.3. The Bertz CT molecular complexity index is 528. The van der Waals surface area contributed by atoms with Gasteiger partial charge in [0, 0.05) is 18.4 Å². The summed E-state index contributed by atoms with van der Waals surface area (Å²) in [5.41, 5.74) is 5.66. The molecular formula is C15H18FN3. The number of nitrogens with zero attached hydrogens (tertiary/aromatic N) is 1. The number of pyridine rings is 1. The molecule has 100 valence electrons. The van der Waals surface area contributed by atoms with Gasteiger partial charge in [0.15, 0.2) is 0 Å². The van der Waals surface area contributed by atoms with Crippen molar-refractivity contribution >= 4 is 0 Å². The third-order valence-corrected chi connectivity index (χ3v) is 3.26. The van der Waals surface area contributed by atoms with E-state index >= 15 is 0 Å². The molecule has 0 saturated heterocycles. The van der Waals surface area contributed by atoms with Crippen LogP contribution in [0.2, 0.25) is 0 Å². The minimum atomic E-state index is -0.186. The molecule has 0 bridgehead atoms. The summed E-state index contributed by atoms with van der Waals surface area (Å²) in [5.74, 6) is 5.41. The van der Waals surface area contributed by atoms with Crippen LogP contribution >= 0.6 is 0 Å². The number of aryl methyl sites for hydroxylation is 2. The van der Waals surface area contributed by atoms with Crippen molar-refractivity contribution in [3.8, 4) is 0 Å². The Morgan fingerprint density at radius 1 is 1.26 bits per heavy atom. The van der Waals surface area contributed by atoms with Crippen molar-refractivity contribution in [3.05, 3.63) is 65.2 Å². The minimum Gasteiger partial charge on any atom is -0.271 e. The van der Waals surface area contributed by atoms with Crippen molar-refractivity contribution in [1.29, 1.82) is 0 Å². The van der Waals surface area contributed by atoms with Gasteiger partial charge >= 0.3 is 0 Å². The molecular weight excluding hydrogens is 241 g/mol. The zero-order valence-electron chi connectivity index (χ0n) is 10.9. The molecule has 0 aliphatic rings. The quantitative estimate of drug-likeness (QED) is 0.641. The van der Waals surface area contributed by atoms with Crippen LogP contribution in [0.3, 0.4) is 0 Å². The van der Waals surface area contributed by atoms with Gasteiger partial charge < -0.3 is 0 Å². The van der Waals surface area contributed by atoms with Crippen molar-refractivity contribution in [2.24, 2.45) is 5.84 Å². The second-order valence-corrected chi connectivity index (χ2v) is 4.62. The van der Waals surface area contributed by atoms with E-state index in [2.05, 4.69) is 10.4 Å². The fraction of sp³-hybridized carbons (Fsp3) is 0.267. The van der Waals surface area contributed by atoms with Crippen LogP contribution in [0.4, 0.5) is 4.39 Å². The molecule has 1 aromatic carbocycles. The molecule has 3 nitrogen and oxygen atoms in total. The third kappa shape index (κ3) is 3.59. The lowest BCUT2D eigenvalue weighted by molar-refractivity contribution is 0.514. The first kappa shape index (κ1) is 13.6. The van der Waals surface area contributed by atoms with Crippen LogP contribution < -0.4 is 11.3 Å². The number of halogens is 1. The standard InChI is InChI=1S/C15H18FN3/c1-11-10-13(3-4-14(11)16)15(19-17)5-2-12-6-8-18-9-7-12/h3-4,6-10,15,19H,2,5,17H2,1H3. The van der Waals surface area contributed by atoms with Gasteiger partial charge in [0.1, 0.15) is 5.82 Å². The SMILES string of the molecule is Cc1cc(C(CCc2ccncc2)NN)ccc1F. The summed E-state index contributed by atoms with van der Waals surface area (Å²) >= 11 is 0. The Hall–Kier alpha value is -1.78. The molecule has 0 spiro atoms. The van der Waals surface area contributed by atoms with E-state index in [1.807, 2.05) is 18.2 Å². The Labute approximate surface area is 112 Å². The zero-order valence-corrected chi connectivity index (χ0v) is 10.9. The predicted octanol–water partition coefficient (Wildman–Crippen LogP) is 2.67. The van der Waals surface area contributed by atoms with Crippen molar-refractivity contribution in [1.82, 2.24) is 10.4 Å². The van der Waals surface area contributed by atoms with E-state index in [-0.39, 0.29) is 11.9 Å². The highest BCUT2D eigenvalue weighted by Crippen LogP contribution is 2.20. The van der Waals surface area contributed by atoms with E-state index in [1.165, 1.54) is 11.6 Å². The first-order chi connectivity index (χ1) is 9.20. The number of hydrazine groups is 1. The average molecular weight is 259 g/mol. The van der Waals surface area contributed by atoms with E-state index in [0.717, 1.165) is 18.4 Å². The van der Waals surface area contributed by atoms with E-state index < -0.39 is 0 Å². The second kappa shape index (κ2) is 6.41. The lowest BCUT2D eigenvalue weighted by atomic mass is 9.98. The second-order valence-electron chi connectivity index (χ2n) is 4.62. The molecule has 19 heavy (non-hydrogen) atoms. The molecule has 3 N–H and O–H groups in total. The maximum absolute atomic E-state index is 13.3. The molecule has 0 saturated carbocycles. The fourth-order valence-electron chi connectivity index (χ4n) is 2.09. The van der Waals surface area contributed by atoms with Gasteiger partial charge in [-0.05, 0) is 54.7 Å². The summed E-state index contributed by atoms with van der Waals surface area (Å²) in [7, 11) is 0. The van der Waals surface area contributed by atoms with E-state index in [4.69, 9.17) is 5.84 Å². The highest BCUT2D eigenvalue weighted by atomic mass is 19.1. The van der Waals surface area contributed by atoms with Gasteiger partial charge in [-0.15, -0.1) is 0 Å². The molecule has 1 unspecified atom stereocenters. The Kier molecular flexibility index (Phi) is 4.60. The zero-order chi connectivity index (χ0) is 13.7. The maximum Gasteiger partial charge on any atom is 0.126 e. The largest absolute Gasteiger partial charge is 0.271 e. The van der Waals surface area contributed by atoms with Gasteiger partial charge in [0.05, 0.1) is 0 Å². The summed E-state index contributed by atoms with van der Waals surface area (Å²) in [6.45, 7) is 1.76. The van der Waals surface area contributed by atoms with Crippen molar-refractivity contribution < 1.29 is 4.39 Å². The topological polar surface area (TPSA) is 50.9 Å². The van der Waals surface area contributed by atoms with Gasteiger partial charge in [-0.25, -0.2) is 4.39 Å². The number of nitrogens with two attached hydrogens (primary N) is 1. The summed E-state index contributed by atoms with van der Waals surface area (Å²) in [5, 5.41) is 0. The number of hydrogen-bond donors (Lipinski definition) is 2. The Morgan fingerprint density at radius 3 is 2.63 bits per heavy atom. The molecule has 1 atom stereocenters. The summed E-state index contributed by atoms with van der Waals surface area (Å²) in [4.78, 5) is 3.99. The number of aromatic nitrogens is 1. The van der Waals surface area contributed by atoms with Gasteiger partial charge in [-0.2, -0.15) is 0 Å².